The van der Waals surface area contributed by atoms with Crippen LogP contribution in [-0.4, -0.2) is 18.0 Å². The van der Waals surface area contributed by atoms with Crippen LogP contribution in [0.3, 0.4) is 0 Å². The molecule has 66 valence electrons. The first-order chi connectivity index (χ1) is 5.75. The first-order valence-electron chi connectivity index (χ1n) is 4.37. The van der Waals surface area contributed by atoms with Gasteiger partial charge in [0.15, 0.2) is 0 Å². The largest absolute Gasteiger partial charge is 0.335 e. The van der Waals surface area contributed by atoms with Crippen molar-refractivity contribution >= 4 is 11.9 Å². The maximum absolute atomic E-state index is 11.0. The van der Waals surface area contributed by atoms with Gasteiger partial charge in [0, 0.05) is 12.0 Å². The topological polar surface area (TPSA) is 58.2 Å². The molecule has 4 nitrogen and oxygen atoms in total. The first kappa shape index (κ1) is 7.58. The van der Waals surface area contributed by atoms with E-state index < -0.39 is 0 Å². The fourth-order valence-electron chi connectivity index (χ4n) is 1.01. The number of imide groups is 1. The van der Waals surface area contributed by atoms with Crippen molar-refractivity contribution in [1.82, 2.24) is 10.6 Å². The zero-order valence-corrected chi connectivity index (χ0v) is 6.80. The van der Waals surface area contributed by atoms with Gasteiger partial charge in [-0.05, 0) is 25.7 Å². The second-order valence-corrected chi connectivity index (χ2v) is 3.51. The minimum atomic E-state index is -0.325. The SMILES string of the molecule is O=C(NC(=O)C1CC1)NC1CC1. The number of nitrogens with one attached hydrogen (secondary N) is 2. The second-order valence-electron chi connectivity index (χ2n) is 3.51. The molecule has 4 heteroatoms. The zero-order chi connectivity index (χ0) is 8.55. The molecule has 0 aliphatic heterocycles. The summed E-state index contributed by atoms with van der Waals surface area (Å²) in [5.74, 6) is -0.0110. The number of urea groups is 1. The van der Waals surface area contributed by atoms with E-state index in [2.05, 4.69) is 10.6 Å². The van der Waals surface area contributed by atoms with Gasteiger partial charge in [-0.15, -0.1) is 0 Å². The van der Waals surface area contributed by atoms with Gasteiger partial charge in [-0.2, -0.15) is 0 Å². The Bertz CT molecular complexity index is 219. The van der Waals surface area contributed by atoms with Crippen LogP contribution in [-0.2, 0) is 4.79 Å². The maximum Gasteiger partial charge on any atom is 0.321 e. The second kappa shape index (κ2) is 2.77. The number of amides is 3. The Labute approximate surface area is 70.7 Å². The van der Waals surface area contributed by atoms with Gasteiger partial charge in [0.1, 0.15) is 0 Å². The van der Waals surface area contributed by atoms with Crippen LogP contribution >= 0.6 is 0 Å². The molecule has 0 heterocycles. The lowest BCUT2D eigenvalue weighted by Gasteiger charge is -2.03. The Morgan fingerprint density at radius 2 is 1.75 bits per heavy atom. The van der Waals surface area contributed by atoms with Gasteiger partial charge >= 0.3 is 6.03 Å². The fourth-order valence-corrected chi connectivity index (χ4v) is 1.01. The van der Waals surface area contributed by atoms with Crippen LogP contribution in [0.4, 0.5) is 4.79 Å². The molecule has 3 amide bonds. The Morgan fingerprint density at radius 1 is 1.08 bits per heavy atom. The summed E-state index contributed by atoms with van der Waals surface area (Å²) in [6.45, 7) is 0. The molecule has 0 spiro atoms. The minimum absolute atomic E-state index is 0.106. The normalized spacial score (nSPS) is 21.7. The zero-order valence-electron chi connectivity index (χ0n) is 6.80. The summed E-state index contributed by atoms with van der Waals surface area (Å²) in [5, 5.41) is 5.02. The number of rotatable bonds is 2. The van der Waals surface area contributed by atoms with Crippen molar-refractivity contribution in [3.05, 3.63) is 0 Å². The Balaban J connectivity index is 1.69. The third-order valence-electron chi connectivity index (χ3n) is 2.10. The fraction of sp³-hybridized carbons (Fsp3) is 0.750. The van der Waals surface area contributed by atoms with Crippen LogP contribution in [0, 0.1) is 5.92 Å². The molecule has 0 aromatic heterocycles. The van der Waals surface area contributed by atoms with E-state index >= 15 is 0 Å². The van der Waals surface area contributed by atoms with Crippen molar-refractivity contribution in [1.29, 1.82) is 0 Å². The summed E-state index contributed by atoms with van der Waals surface area (Å²) in [4.78, 5) is 22.0. The number of hydrogen-bond acceptors (Lipinski definition) is 2. The average Bonchev–Trinajstić information content (AvgIpc) is 2.83. The molecule has 0 unspecified atom stereocenters. The van der Waals surface area contributed by atoms with Crippen LogP contribution < -0.4 is 10.6 Å². The Kier molecular flexibility index (Phi) is 1.75. The monoisotopic (exact) mass is 168 g/mol. The minimum Gasteiger partial charge on any atom is -0.335 e. The highest BCUT2D eigenvalue weighted by atomic mass is 16.2. The van der Waals surface area contributed by atoms with Gasteiger partial charge in [-0.1, -0.05) is 0 Å². The highest BCUT2D eigenvalue weighted by molar-refractivity contribution is 5.96. The van der Waals surface area contributed by atoms with Gasteiger partial charge in [-0.25, -0.2) is 4.79 Å². The van der Waals surface area contributed by atoms with Crippen LogP contribution in [0.5, 0.6) is 0 Å². The lowest BCUT2D eigenvalue weighted by Crippen LogP contribution is -2.41. The molecule has 0 bridgehead atoms. The molecule has 2 N–H and O–H groups in total. The van der Waals surface area contributed by atoms with E-state index in [9.17, 15) is 9.59 Å². The van der Waals surface area contributed by atoms with E-state index in [1.165, 1.54) is 0 Å². The average molecular weight is 168 g/mol. The molecule has 2 saturated carbocycles. The third kappa shape index (κ3) is 1.96. The lowest BCUT2D eigenvalue weighted by molar-refractivity contribution is -0.121. The molecule has 2 aliphatic rings. The lowest BCUT2D eigenvalue weighted by atomic mass is 10.4. The van der Waals surface area contributed by atoms with E-state index in [0.29, 0.717) is 6.04 Å². The molecular formula is C8H12N2O2. The Morgan fingerprint density at radius 3 is 2.25 bits per heavy atom. The molecule has 2 aliphatic carbocycles. The summed E-state index contributed by atoms with van der Waals surface area (Å²) in [6, 6.07) is -0.00796. The summed E-state index contributed by atoms with van der Waals surface area (Å²) in [5.41, 5.74) is 0. The van der Waals surface area contributed by atoms with Crippen molar-refractivity contribution < 1.29 is 9.59 Å². The van der Waals surface area contributed by atoms with Gasteiger partial charge in [0.2, 0.25) is 5.91 Å². The van der Waals surface area contributed by atoms with Crippen molar-refractivity contribution in [3.8, 4) is 0 Å². The highest BCUT2D eigenvalue weighted by Crippen LogP contribution is 2.28. The quantitative estimate of drug-likeness (QED) is 0.626. The predicted molar refractivity (Wildman–Crippen MR) is 42.4 cm³/mol. The number of carbonyl (C=O) groups is 2. The van der Waals surface area contributed by atoms with Crippen molar-refractivity contribution in [2.45, 2.75) is 31.7 Å². The number of hydrogen-bond donors (Lipinski definition) is 2. The molecule has 0 atom stereocenters. The predicted octanol–water partition coefficient (Wildman–Crippen LogP) is 0.385. The molecule has 2 fully saturated rings. The molecule has 0 saturated heterocycles. The van der Waals surface area contributed by atoms with Crippen LogP contribution in [0.2, 0.25) is 0 Å². The van der Waals surface area contributed by atoms with E-state index in [0.717, 1.165) is 25.7 Å². The van der Waals surface area contributed by atoms with Crippen molar-refractivity contribution in [2.75, 3.05) is 0 Å². The smallest absolute Gasteiger partial charge is 0.321 e. The van der Waals surface area contributed by atoms with E-state index in [1.54, 1.807) is 0 Å². The van der Waals surface area contributed by atoms with Crippen molar-refractivity contribution in [3.63, 3.8) is 0 Å². The van der Waals surface area contributed by atoms with E-state index in [4.69, 9.17) is 0 Å². The Hall–Kier alpha value is -1.06. The van der Waals surface area contributed by atoms with Crippen LogP contribution in [0.25, 0.3) is 0 Å². The van der Waals surface area contributed by atoms with Crippen LogP contribution in [0.1, 0.15) is 25.7 Å². The summed E-state index contributed by atoms with van der Waals surface area (Å²) in [6.07, 6.45) is 3.96. The van der Waals surface area contributed by atoms with Crippen molar-refractivity contribution in [2.24, 2.45) is 5.92 Å². The van der Waals surface area contributed by atoms with Crippen LogP contribution in [0.15, 0.2) is 0 Å². The summed E-state index contributed by atoms with van der Waals surface area (Å²) < 4.78 is 0. The van der Waals surface area contributed by atoms with E-state index in [-0.39, 0.29) is 17.9 Å². The molecule has 0 aromatic rings. The molecule has 0 aromatic carbocycles. The molecular weight excluding hydrogens is 156 g/mol. The number of carbonyl (C=O) groups excluding carboxylic acids is 2. The highest BCUT2D eigenvalue weighted by Gasteiger charge is 2.31. The summed E-state index contributed by atoms with van der Waals surface area (Å²) >= 11 is 0. The van der Waals surface area contributed by atoms with Gasteiger partial charge in [-0.3, -0.25) is 10.1 Å². The van der Waals surface area contributed by atoms with Gasteiger partial charge in [0.25, 0.3) is 0 Å². The molecule has 2 rings (SSSR count). The third-order valence-corrected chi connectivity index (χ3v) is 2.10. The summed E-state index contributed by atoms with van der Waals surface area (Å²) in [7, 11) is 0. The standard InChI is InChI=1S/C8H12N2O2/c11-7(5-1-2-5)10-8(12)9-6-3-4-6/h5-6H,1-4H2,(H2,9,10,11,12). The molecule has 12 heavy (non-hydrogen) atoms. The van der Waals surface area contributed by atoms with E-state index in [1.807, 2.05) is 0 Å². The first-order valence-corrected chi connectivity index (χ1v) is 4.37. The van der Waals surface area contributed by atoms with Gasteiger partial charge in [0.05, 0.1) is 0 Å². The molecule has 0 radical (unpaired) electrons. The maximum atomic E-state index is 11.0. The van der Waals surface area contributed by atoms with Gasteiger partial charge < -0.3 is 5.32 Å².